The molecule has 0 saturated heterocycles. The first-order chi connectivity index (χ1) is 13.1. The molecule has 1 aliphatic rings. The van der Waals surface area contributed by atoms with Crippen LogP contribution >= 0.6 is 0 Å². The standard InChI is InChI=1S/C20H22N2O6/c1-19(2)8-3-9-20(12-19,13-4-6-17(23)15(10-13)21(25)26)14-5-7-18(24)16(11-14)22(27)28/h4-7,10-11,23-24H,3,8-9,12H2,1-2H3. The molecule has 0 aliphatic heterocycles. The maximum atomic E-state index is 11.3. The topological polar surface area (TPSA) is 127 Å². The first kappa shape index (κ1) is 19.6. The lowest BCUT2D eigenvalue weighted by molar-refractivity contribution is -0.386. The van der Waals surface area contributed by atoms with Crippen molar-refractivity contribution in [1.29, 1.82) is 0 Å². The number of nitro groups is 2. The summed E-state index contributed by atoms with van der Waals surface area (Å²) in [5, 5.41) is 42.4. The largest absolute Gasteiger partial charge is 0.502 e. The summed E-state index contributed by atoms with van der Waals surface area (Å²) in [6, 6.07) is 8.59. The monoisotopic (exact) mass is 386 g/mol. The summed E-state index contributed by atoms with van der Waals surface area (Å²) in [5.74, 6) is -0.841. The Morgan fingerprint density at radius 3 is 1.71 bits per heavy atom. The average molecular weight is 386 g/mol. The molecule has 1 fully saturated rings. The second-order valence-corrected chi connectivity index (χ2v) is 8.20. The minimum Gasteiger partial charge on any atom is -0.502 e. The summed E-state index contributed by atoms with van der Waals surface area (Å²) in [6.07, 6.45) is 3.09. The molecule has 3 rings (SSSR count). The zero-order valence-corrected chi connectivity index (χ0v) is 15.7. The molecule has 0 aromatic heterocycles. The van der Waals surface area contributed by atoms with Crippen LogP contribution in [-0.4, -0.2) is 20.1 Å². The Balaban J connectivity index is 2.26. The highest BCUT2D eigenvalue weighted by molar-refractivity contribution is 5.56. The number of benzene rings is 2. The molecule has 2 N–H and O–H groups in total. The lowest BCUT2D eigenvalue weighted by atomic mass is 9.58. The lowest BCUT2D eigenvalue weighted by Gasteiger charge is -2.46. The molecule has 0 amide bonds. The van der Waals surface area contributed by atoms with Gasteiger partial charge >= 0.3 is 11.4 Å². The van der Waals surface area contributed by atoms with Gasteiger partial charge in [0.2, 0.25) is 0 Å². The van der Waals surface area contributed by atoms with Crippen molar-refractivity contribution in [3.63, 3.8) is 0 Å². The molecule has 1 saturated carbocycles. The van der Waals surface area contributed by atoms with Crippen molar-refractivity contribution in [2.75, 3.05) is 0 Å². The molecule has 0 atom stereocenters. The number of rotatable bonds is 4. The van der Waals surface area contributed by atoms with Gasteiger partial charge in [-0.3, -0.25) is 20.2 Å². The van der Waals surface area contributed by atoms with Gasteiger partial charge in [0.1, 0.15) is 0 Å². The van der Waals surface area contributed by atoms with E-state index in [1.165, 1.54) is 24.3 Å². The van der Waals surface area contributed by atoms with E-state index in [9.17, 15) is 30.4 Å². The van der Waals surface area contributed by atoms with Gasteiger partial charge in [0.15, 0.2) is 11.5 Å². The van der Waals surface area contributed by atoms with Gasteiger partial charge in [-0.15, -0.1) is 0 Å². The summed E-state index contributed by atoms with van der Waals surface area (Å²) < 4.78 is 0. The number of hydrogen-bond acceptors (Lipinski definition) is 6. The normalized spacial score (nSPS) is 17.8. The molecule has 2 aromatic carbocycles. The Kier molecular flexibility index (Phi) is 4.74. The van der Waals surface area contributed by atoms with Crippen LogP contribution in [-0.2, 0) is 5.41 Å². The van der Waals surface area contributed by atoms with Crippen LogP contribution in [0.25, 0.3) is 0 Å². The van der Waals surface area contributed by atoms with Crippen LogP contribution in [0.1, 0.15) is 50.7 Å². The van der Waals surface area contributed by atoms with Gasteiger partial charge in [0, 0.05) is 17.5 Å². The van der Waals surface area contributed by atoms with E-state index >= 15 is 0 Å². The Bertz CT molecular complexity index is 890. The molecule has 0 heterocycles. The fourth-order valence-electron chi connectivity index (χ4n) is 4.46. The van der Waals surface area contributed by atoms with Gasteiger partial charge < -0.3 is 10.2 Å². The molecule has 0 radical (unpaired) electrons. The number of nitrogens with zero attached hydrogens (tertiary/aromatic N) is 2. The number of phenolic OH excluding ortho intramolecular Hbond substituents is 2. The summed E-state index contributed by atoms with van der Waals surface area (Å²) in [4.78, 5) is 21.4. The number of nitro benzene ring substituents is 2. The molecule has 148 valence electrons. The molecule has 1 aliphatic carbocycles. The maximum absolute atomic E-state index is 11.3. The minimum absolute atomic E-state index is 0.0857. The lowest BCUT2D eigenvalue weighted by Crippen LogP contribution is -2.38. The van der Waals surface area contributed by atoms with Crippen LogP contribution in [0.15, 0.2) is 36.4 Å². The quantitative estimate of drug-likeness (QED) is 0.574. The SMILES string of the molecule is CC1(C)CCCC(c2ccc(O)c([N+](=O)[O-])c2)(c2ccc(O)c([N+](=O)[O-])c2)C1. The van der Waals surface area contributed by atoms with E-state index in [0.717, 1.165) is 12.8 Å². The Hall–Kier alpha value is -3.16. The fourth-order valence-corrected chi connectivity index (χ4v) is 4.46. The summed E-state index contributed by atoms with van der Waals surface area (Å²) in [5.41, 5.74) is -0.312. The average Bonchev–Trinajstić information content (AvgIpc) is 2.60. The van der Waals surface area contributed by atoms with Gasteiger partial charge in [-0.05, 0) is 47.9 Å². The van der Waals surface area contributed by atoms with Gasteiger partial charge in [-0.1, -0.05) is 32.4 Å². The highest BCUT2D eigenvalue weighted by Gasteiger charge is 2.44. The number of aromatic hydroxyl groups is 2. The molecule has 0 spiro atoms. The van der Waals surface area contributed by atoms with Crippen LogP contribution < -0.4 is 0 Å². The zero-order valence-electron chi connectivity index (χ0n) is 15.7. The van der Waals surface area contributed by atoms with Crippen molar-refractivity contribution < 1.29 is 20.1 Å². The van der Waals surface area contributed by atoms with Crippen molar-refractivity contribution in [3.8, 4) is 11.5 Å². The van der Waals surface area contributed by atoms with E-state index in [2.05, 4.69) is 13.8 Å². The molecular weight excluding hydrogens is 364 g/mol. The van der Waals surface area contributed by atoms with Crippen molar-refractivity contribution in [3.05, 3.63) is 67.8 Å². The van der Waals surface area contributed by atoms with E-state index in [0.29, 0.717) is 24.0 Å². The first-order valence-corrected chi connectivity index (χ1v) is 9.02. The second-order valence-electron chi connectivity index (χ2n) is 8.20. The second kappa shape index (κ2) is 6.78. The van der Waals surface area contributed by atoms with Crippen LogP contribution in [0, 0.1) is 25.6 Å². The van der Waals surface area contributed by atoms with Crippen LogP contribution in [0.5, 0.6) is 11.5 Å². The predicted octanol–water partition coefficient (Wildman–Crippen LogP) is 4.80. The first-order valence-electron chi connectivity index (χ1n) is 9.02. The zero-order chi connectivity index (χ0) is 20.7. The molecule has 0 bridgehead atoms. The number of phenols is 2. The molecule has 2 aromatic rings. The molecular formula is C20H22N2O6. The Morgan fingerprint density at radius 1 is 0.857 bits per heavy atom. The summed E-state index contributed by atoms with van der Waals surface area (Å²) in [7, 11) is 0. The van der Waals surface area contributed by atoms with Crippen molar-refractivity contribution in [2.45, 2.75) is 44.9 Å². The molecule has 0 unspecified atom stereocenters. The molecule has 8 nitrogen and oxygen atoms in total. The van der Waals surface area contributed by atoms with E-state index < -0.39 is 38.1 Å². The summed E-state index contributed by atoms with van der Waals surface area (Å²) >= 11 is 0. The smallest absolute Gasteiger partial charge is 0.310 e. The van der Waals surface area contributed by atoms with Gasteiger partial charge in [0.25, 0.3) is 0 Å². The molecule has 8 heteroatoms. The minimum atomic E-state index is -0.696. The highest BCUT2D eigenvalue weighted by atomic mass is 16.6. The fraction of sp³-hybridized carbons (Fsp3) is 0.400. The highest BCUT2D eigenvalue weighted by Crippen LogP contribution is 2.53. The third-order valence-corrected chi connectivity index (χ3v) is 5.69. The van der Waals surface area contributed by atoms with Crippen LogP contribution in [0.4, 0.5) is 11.4 Å². The Labute approximate surface area is 161 Å². The van der Waals surface area contributed by atoms with Crippen LogP contribution in [0.2, 0.25) is 0 Å². The Morgan fingerprint density at radius 2 is 1.32 bits per heavy atom. The van der Waals surface area contributed by atoms with Crippen molar-refractivity contribution in [1.82, 2.24) is 0 Å². The van der Waals surface area contributed by atoms with E-state index in [4.69, 9.17) is 0 Å². The predicted molar refractivity (Wildman–Crippen MR) is 103 cm³/mol. The van der Waals surface area contributed by atoms with Crippen molar-refractivity contribution in [2.24, 2.45) is 5.41 Å². The summed E-state index contributed by atoms with van der Waals surface area (Å²) in [6.45, 7) is 4.20. The molecule has 28 heavy (non-hydrogen) atoms. The van der Waals surface area contributed by atoms with E-state index in [1.807, 2.05) is 0 Å². The van der Waals surface area contributed by atoms with E-state index in [1.54, 1.807) is 12.1 Å². The van der Waals surface area contributed by atoms with Crippen molar-refractivity contribution >= 4 is 11.4 Å². The third kappa shape index (κ3) is 3.37. The van der Waals surface area contributed by atoms with Gasteiger partial charge in [-0.25, -0.2) is 0 Å². The van der Waals surface area contributed by atoms with Crippen LogP contribution in [0.3, 0.4) is 0 Å². The third-order valence-electron chi connectivity index (χ3n) is 5.69. The van der Waals surface area contributed by atoms with E-state index in [-0.39, 0.29) is 5.41 Å². The van der Waals surface area contributed by atoms with Gasteiger partial charge in [0.05, 0.1) is 9.85 Å². The van der Waals surface area contributed by atoms with Gasteiger partial charge in [-0.2, -0.15) is 0 Å². The number of hydrogen-bond donors (Lipinski definition) is 2. The maximum Gasteiger partial charge on any atom is 0.310 e.